The summed E-state index contributed by atoms with van der Waals surface area (Å²) in [6.45, 7) is 5.36. The van der Waals surface area contributed by atoms with E-state index in [9.17, 15) is 53.9 Å². The number of carbonyl (C=O) groups is 3. The number of rotatable bonds is 17. The van der Waals surface area contributed by atoms with Gasteiger partial charge >= 0.3 is 18.5 Å². The maximum absolute atomic E-state index is 13.6. The van der Waals surface area contributed by atoms with Crippen LogP contribution in [0.1, 0.15) is 123 Å². The predicted octanol–water partition coefficient (Wildman–Crippen LogP) is 24.4. The third-order valence-corrected chi connectivity index (χ3v) is 30.6. The van der Waals surface area contributed by atoms with E-state index >= 15 is 0 Å². The zero-order valence-corrected chi connectivity index (χ0v) is 80.3. The second kappa shape index (κ2) is 41.6. The fourth-order valence-corrected chi connectivity index (χ4v) is 23.6. The SMILES string of the molecule is CC1(C)c2cccc(P(c3ccccc3)c3ccccc3)c2Oc2c(P(c3ccccc3)c3ccccc3)cccc21.COc1ccc(Cc2cc3c(c4ccccc24)CN(c2ncccc2C(F)(F)F)C3=O)cn1.COc1ccc(Cc2cc3c(c4ccccc24)CN(c2ncccc2C(F)(F)F)C3=O)cn1.COc1ccc(Cc2cc3c(c4ccccc24)CNC3=O)cn1.FC(F)(F)c1cccnc1Br. The van der Waals surface area contributed by atoms with Crippen molar-refractivity contribution in [1.29, 1.82) is 0 Å². The number of hydrogen-bond acceptors (Lipinski definition) is 13. The summed E-state index contributed by atoms with van der Waals surface area (Å²) in [5.41, 5.74) is 9.59. The molecule has 0 saturated carbocycles. The van der Waals surface area contributed by atoms with E-state index in [-0.39, 0.29) is 40.7 Å². The molecule has 0 saturated heterocycles. The van der Waals surface area contributed by atoms with Crippen molar-refractivity contribution in [3.8, 4) is 29.1 Å². The number of alkyl halides is 9. The van der Waals surface area contributed by atoms with Crippen LogP contribution in [0.15, 0.2) is 363 Å². The molecule has 6 aromatic heterocycles. The molecule has 3 amide bonds. The Morgan fingerprint density at radius 1 is 0.366 bits per heavy atom. The summed E-state index contributed by atoms with van der Waals surface area (Å²) in [5.74, 6) is 1.90. The van der Waals surface area contributed by atoms with E-state index in [1.807, 2.05) is 97.2 Å². The zero-order chi connectivity index (χ0) is 99.1. The molecule has 22 rings (SSSR count). The summed E-state index contributed by atoms with van der Waals surface area (Å²) in [7, 11) is 3.04. The van der Waals surface area contributed by atoms with Crippen LogP contribution in [0.3, 0.4) is 0 Å². The van der Waals surface area contributed by atoms with E-state index in [4.69, 9.17) is 18.9 Å². The first-order valence-electron chi connectivity index (χ1n) is 45.1. The fraction of sp³-hybridized carbons (Fsp3) is 0.132. The van der Waals surface area contributed by atoms with Crippen molar-refractivity contribution < 1.29 is 72.8 Å². The second-order valence-corrected chi connectivity index (χ2v) is 39.2. The molecule has 0 bridgehead atoms. The monoisotopic (exact) mass is 2010 g/mol. The summed E-state index contributed by atoms with van der Waals surface area (Å²) in [4.78, 5) is 64.9. The minimum absolute atomic E-state index is 0.0138. The van der Waals surface area contributed by atoms with Crippen LogP contribution in [0.25, 0.3) is 32.3 Å². The maximum Gasteiger partial charge on any atom is 0.419 e. The van der Waals surface area contributed by atoms with E-state index in [2.05, 4.69) is 235 Å². The first-order valence-corrected chi connectivity index (χ1v) is 48.6. The van der Waals surface area contributed by atoms with Crippen LogP contribution in [-0.4, -0.2) is 69.0 Å². The molecule has 4 aliphatic rings. The first-order chi connectivity index (χ1) is 68.6. The van der Waals surface area contributed by atoms with E-state index in [1.165, 1.54) is 85.1 Å². The summed E-state index contributed by atoms with van der Waals surface area (Å²) < 4.78 is 140. The number of aromatic nitrogens is 6. The quantitative estimate of drug-likeness (QED) is 0.0516. The Morgan fingerprint density at radius 3 is 1.01 bits per heavy atom. The highest BCUT2D eigenvalue weighted by atomic mass is 79.9. The van der Waals surface area contributed by atoms with Crippen LogP contribution in [0.4, 0.5) is 51.1 Å². The molecule has 0 radical (unpaired) electrons. The Kier molecular flexibility index (Phi) is 28.4. The van der Waals surface area contributed by atoms with E-state index in [1.54, 1.807) is 58.0 Å². The lowest BCUT2D eigenvalue weighted by atomic mass is 9.76. The summed E-state index contributed by atoms with van der Waals surface area (Å²) in [6, 6.07) is 104. The van der Waals surface area contributed by atoms with E-state index in [0.717, 1.165) is 117 Å². The van der Waals surface area contributed by atoms with Gasteiger partial charge in [-0.25, -0.2) is 29.9 Å². The van der Waals surface area contributed by atoms with Crippen LogP contribution in [0.2, 0.25) is 0 Å². The van der Waals surface area contributed by atoms with Gasteiger partial charge in [0, 0.05) is 106 Å². The number of anilines is 2. The lowest BCUT2D eigenvalue weighted by molar-refractivity contribution is -0.139. The van der Waals surface area contributed by atoms with Crippen LogP contribution in [0.5, 0.6) is 29.1 Å². The lowest BCUT2D eigenvalue weighted by Crippen LogP contribution is -2.32. The third-order valence-electron chi connectivity index (χ3n) is 25.0. The van der Waals surface area contributed by atoms with Gasteiger partial charge in [0.15, 0.2) is 0 Å². The van der Waals surface area contributed by atoms with Crippen molar-refractivity contribution in [3.63, 3.8) is 0 Å². The van der Waals surface area contributed by atoms with E-state index in [0.29, 0.717) is 59.3 Å². The Labute approximate surface area is 823 Å². The highest BCUT2D eigenvalue weighted by molar-refractivity contribution is 9.10. The highest BCUT2D eigenvalue weighted by Crippen LogP contribution is 2.53. The Morgan fingerprint density at radius 2 is 0.690 bits per heavy atom. The van der Waals surface area contributed by atoms with Crippen LogP contribution < -0.4 is 65.9 Å². The van der Waals surface area contributed by atoms with Gasteiger partial charge in [-0.05, 0) is 209 Å². The van der Waals surface area contributed by atoms with Gasteiger partial charge in [-0.3, -0.25) is 24.2 Å². The minimum Gasteiger partial charge on any atom is -0.481 e. The largest absolute Gasteiger partial charge is 0.481 e. The van der Waals surface area contributed by atoms with Gasteiger partial charge in [-0.2, -0.15) is 39.5 Å². The molecule has 142 heavy (non-hydrogen) atoms. The van der Waals surface area contributed by atoms with Gasteiger partial charge < -0.3 is 24.3 Å². The van der Waals surface area contributed by atoms with Gasteiger partial charge in [0.25, 0.3) is 17.7 Å². The van der Waals surface area contributed by atoms with Crippen molar-refractivity contribution in [1.82, 2.24) is 35.2 Å². The number of fused-ring (bicyclic) bond motifs is 11. The average Bonchev–Trinajstić information content (AvgIpc) is 0.864. The molecule has 0 unspecified atom stereocenters. The Balaban J connectivity index is 0.000000122. The normalized spacial score (nSPS) is 13.2. The molecule has 0 fully saturated rings. The molecule has 710 valence electrons. The predicted molar refractivity (Wildman–Crippen MR) is 543 cm³/mol. The van der Waals surface area contributed by atoms with Crippen molar-refractivity contribution in [2.75, 3.05) is 31.1 Å². The van der Waals surface area contributed by atoms with Crippen molar-refractivity contribution in [3.05, 3.63) is 458 Å². The molecular formula is C114H87BrF9N9O7P2. The molecule has 1 N–H and O–H groups in total. The summed E-state index contributed by atoms with van der Waals surface area (Å²) in [5, 5.41) is 16.6. The molecule has 4 aliphatic heterocycles. The number of carbonyl (C=O) groups excluding carboxylic acids is 3. The van der Waals surface area contributed by atoms with Crippen molar-refractivity contribution in [2.45, 2.75) is 76.7 Å². The number of ether oxygens (including phenoxy) is 4. The summed E-state index contributed by atoms with van der Waals surface area (Å²) in [6.07, 6.45) is -2.75. The van der Waals surface area contributed by atoms with Crippen molar-refractivity contribution in [2.24, 2.45) is 0 Å². The number of halogens is 10. The molecule has 0 atom stereocenters. The number of nitrogens with one attached hydrogen (secondary N) is 1. The number of hydrogen-bond donors (Lipinski definition) is 1. The number of nitrogens with zero attached hydrogens (tertiary/aromatic N) is 8. The smallest absolute Gasteiger partial charge is 0.419 e. The number of pyridine rings is 6. The molecule has 28 heteroatoms. The minimum atomic E-state index is -4.62. The summed E-state index contributed by atoms with van der Waals surface area (Å²) >= 11 is 2.70. The topological polar surface area (TPSA) is 184 Å². The van der Waals surface area contributed by atoms with Crippen LogP contribution >= 0.6 is 31.8 Å². The van der Waals surface area contributed by atoms with Crippen LogP contribution in [-0.2, 0) is 62.8 Å². The maximum atomic E-state index is 13.6. The number of para-hydroxylation sites is 2. The highest BCUT2D eigenvalue weighted by Gasteiger charge is 2.44. The molecular weight excluding hydrogens is 1920 g/mol. The number of benzene rings is 12. The Bertz CT molecular complexity index is 7290. The average molecular weight is 2010 g/mol. The first kappa shape index (κ1) is 96.9. The third kappa shape index (κ3) is 20.4. The lowest BCUT2D eigenvalue weighted by Gasteiger charge is -2.38. The van der Waals surface area contributed by atoms with E-state index < -0.39 is 62.9 Å². The van der Waals surface area contributed by atoms with Gasteiger partial charge in [0.2, 0.25) is 17.6 Å². The molecule has 16 nitrogen and oxygen atoms in total. The van der Waals surface area contributed by atoms with Gasteiger partial charge in [-0.1, -0.05) is 263 Å². The molecule has 0 spiro atoms. The standard InChI is InChI=1S/C39H32OP2.2C25H18F3N3O2.C19H16N2O2.C6H3BrF3N/c1-39(2)33-25-15-27-35(41(29-17-7-3-8-18-29)30-19-9-4-10-20-30)37(33)40-38-34(39)26-16-28-36(38)42(31-21-11-5-12-22-31)32-23-13-6-14-24-32;2*1-33-22-9-8-15(13-30-22)11-16-12-19-20(18-6-3-2-5-17(16)18)14-31(24(19)32)23-21(25(26,27)28)7-4-10-29-23;1-23-18-7-6-12(10-20-18)8-13-9-16-17(11-21-19(16)22)15-5-3-2-4-14(13)15;7-5-4(6(8,9)10)2-1-3-11-5/h3-28H,1-2H3;2*2-10,12-13H,11,14H2,1H3;2-7,9-10H,8,11H2,1H3,(H,21,22);1-3H. The van der Waals surface area contributed by atoms with Crippen LogP contribution in [0, 0.1) is 0 Å². The van der Waals surface area contributed by atoms with Gasteiger partial charge in [0.05, 0.1) is 51.1 Å². The van der Waals surface area contributed by atoms with Crippen molar-refractivity contribution >= 4 is 125 Å². The fourth-order valence-electron chi connectivity index (χ4n) is 18.3. The molecule has 12 aromatic carbocycles. The number of amides is 3. The molecule has 18 aromatic rings. The number of methoxy groups -OCH3 is 3. The molecule has 10 heterocycles. The van der Waals surface area contributed by atoms with Gasteiger partial charge in [0.1, 0.15) is 27.7 Å². The Hall–Kier alpha value is -15.4. The zero-order valence-electron chi connectivity index (χ0n) is 76.9. The molecule has 0 aliphatic carbocycles. The van der Waals surface area contributed by atoms with Gasteiger partial charge in [-0.15, -0.1) is 0 Å². The second-order valence-electron chi connectivity index (χ2n) is 34.1.